The molecule has 2 rings (SSSR count). The summed E-state index contributed by atoms with van der Waals surface area (Å²) in [6.45, 7) is 6.97. The van der Waals surface area contributed by atoms with Crippen molar-refractivity contribution in [2.24, 2.45) is 5.92 Å². The monoisotopic (exact) mass is 390 g/mol. The highest BCUT2D eigenvalue weighted by Gasteiger charge is 2.49. The van der Waals surface area contributed by atoms with E-state index in [1.54, 1.807) is 14.0 Å². The number of ether oxygens (including phenoxy) is 3. The molecule has 1 fully saturated rings. The molecule has 1 saturated heterocycles. The van der Waals surface area contributed by atoms with E-state index < -0.39 is 42.7 Å². The summed E-state index contributed by atoms with van der Waals surface area (Å²) in [4.78, 5) is 26.1. The lowest BCUT2D eigenvalue weighted by Crippen LogP contribution is -2.38. The van der Waals surface area contributed by atoms with Gasteiger partial charge in [0, 0.05) is 24.8 Å². The lowest BCUT2D eigenvalue weighted by Gasteiger charge is -2.25. The quantitative estimate of drug-likeness (QED) is 0.509. The van der Waals surface area contributed by atoms with Crippen molar-refractivity contribution in [3.05, 3.63) is 32.6 Å². The van der Waals surface area contributed by atoms with Crippen LogP contribution >= 0.6 is 7.14 Å². The van der Waals surface area contributed by atoms with Crippen LogP contribution in [-0.4, -0.2) is 66.4 Å². The molecule has 148 valence electrons. The molecule has 0 amide bonds. The molecule has 0 unspecified atom stereocenters. The van der Waals surface area contributed by atoms with Gasteiger partial charge in [-0.25, -0.2) is 4.79 Å². The smallest absolute Gasteiger partial charge is 0.330 e. The third-order valence-corrected chi connectivity index (χ3v) is 6.13. The predicted octanol–water partition coefficient (Wildman–Crippen LogP) is 0.351. The van der Waals surface area contributed by atoms with Crippen LogP contribution in [0, 0.1) is 12.8 Å². The second kappa shape index (κ2) is 8.19. The molecule has 0 spiro atoms. The molecule has 0 bridgehead atoms. The first-order chi connectivity index (χ1) is 12.1. The minimum absolute atomic E-state index is 0.265. The molecular formula is C16H27N2O7P. The van der Waals surface area contributed by atoms with E-state index >= 15 is 0 Å². The number of aliphatic hydroxyl groups is 1. The summed E-state index contributed by atoms with van der Waals surface area (Å²) in [5.41, 5.74) is -0.765. The predicted molar refractivity (Wildman–Crippen MR) is 96.2 cm³/mol. The van der Waals surface area contributed by atoms with Crippen LogP contribution in [0.1, 0.15) is 18.7 Å². The third-order valence-electron chi connectivity index (χ3n) is 4.56. The third kappa shape index (κ3) is 4.35. The minimum atomic E-state index is -2.84. The molecule has 1 aromatic heterocycles. The summed E-state index contributed by atoms with van der Waals surface area (Å²) in [6, 6.07) is 0. The molecule has 26 heavy (non-hydrogen) atoms. The fourth-order valence-electron chi connectivity index (χ4n) is 3.01. The lowest BCUT2D eigenvalue weighted by atomic mass is 10.0. The fraction of sp³-hybridized carbons (Fsp3) is 0.750. The van der Waals surface area contributed by atoms with E-state index in [4.69, 9.17) is 14.2 Å². The van der Waals surface area contributed by atoms with E-state index in [0.29, 0.717) is 12.2 Å². The summed E-state index contributed by atoms with van der Waals surface area (Å²) < 4.78 is 30.3. The largest absolute Gasteiger partial charge is 0.383 e. The van der Waals surface area contributed by atoms with Crippen molar-refractivity contribution in [3.63, 3.8) is 0 Å². The number of aromatic amines is 1. The Morgan fingerprint density at radius 2 is 2.04 bits per heavy atom. The van der Waals surface area contributed by atoms with Crippen molar-refractivity contribution in [2.45, 2.75) is 38.1 Å². The molecule has 1 aliphatic heterocycles. The Morgan fingerprint density at radius 3 is 2.62 bits per heavy atom. The Morgan fingerprint density at radius 1 is 1.38 bits per heavy atom. The zero-order valence-electron chi connectivity index (χ0n) is 15.7. The highest BCUT2D eigenvalue weighted by molar-refractivity contribution is 7.62. The van der Waals surface area contributed by atoms with Gasteiger partial charge in [0.15, 0.2) is 6.23 Å². The molecule has 1 aliphatic rings. The second-order valence-electron chi connectivity index (χ2n) is 7.01. The maximum atomic E-state index is 12.3. The second-order valence-corrected chi connectivity index (χ2v) is 10.4. The molecule has 5 atom stereocenters. The van der Waals surface area contributed by atoms with Gasteiger partial charge < -0.3 is 23.9 Å². The van der Waals surface area contributed by atoms with E-state index in [0.717, 1.165) is 0 Å². The Labute approximate surface area is 151 Å². The van der Waals surface area contributed by atoms with E-state index in [1.807, 2.05) is 6.92 Å². The minimum Gasteiger partial charge on any atom is -0.383 e. The van der Waals surface area contributed by atoms with E-state index in [2.05, 4.69) is 4.98 Å². The molecule has 1 aromatic rings. The average molecular weight is 390 g/mol. The number of H-pyrrole nitrogens is 1. The van der Waals surface area contributed by atoms with Gasteiger partial charge in [0.1, 0.15) is 19.1 Å². The normalized spacial score (nSPS) is 27.6. The Hall–Kier alpha value is -1.25. The van der Waals surface area contributed by atoms with Crippen molar-refractivity contribution in [2.75, 3.05) is 33.7 Å². The summed E-state index contributed by atoms with van der Waals surface area (Å²) >= 11 is 0. The lowest BCUT2D eigenvalue weighted by molar-refractivity contribution is -0.0834. The van der Waals surface area contributed by atoms with Crippen LogP contribution in [0.2, 0.25) is 0 Å². The van der Waals surface area contributed by atoms with Gasteiger partial charge in [-0.1, -0.05) is 6.92 Å². The van der Waals surface area contributed by atoms with Crippen LogP contribution in [-0.2, 0) is 18.8 Å². The Balaban J connectivity index is 2.40. The van der Waals surface area contributed by atoms with Crippen LogP contribution in [0.3, 0.4) is 0 Å². The summed E-state index contributed by atoms with van der Waals surface area (Å²) in [5, 5.41) is 10.5. The topological polar surface area (TPSA) is 120 Å². The fourth-order valence-corrected chi connectivity index (χ4v) is 4.05. The van der Waals surface area contributed by atoms with Crippen molar-refractivity contribution in [1.82, 2.24) is 9.55 Å². The number of methoxy groups -OCH3 is 1. The van der Waals surface area contributed by atoms with Crippen molar-refractivity contribution in [3.8, 4) is 0 Å². The van der Waals surface area contributed by atoms with Crippen LogP contribution in [0.5, 0.6) is 0 Å². The Bertz CT molecular complexity index is 784. The van der Waals surface area contributed by atoms with Crippen LogP contribution < -0.4 is 11.2 Å². The van der Waals surface area contributed by atoms with Crippen LogP contribution in [0.4, 0.5) is 0 Å². The number of rotatable bonds is 7. The Kier molecular flexibility index (Phi) is 6.63. The first kappa shape index (κ1) is 21.1. The number of nitrogens with zero attached hydrogens (tertiary/aromatic N) is 1. The number of aliphatic hydroxyl groups excluding tert-OH is 1. The van der Waals surface area contributed by atoms with Gasteiger partial charge in [-0.15, -0.1) is 0 Å². The van der Waals surface area contributed by atoms with Gasteiger partial charge in [0.25, 0.3) is 5.56 Å². The molecule has 10 heteroatoms. The van der Waals surface area contributed by atoms with E-state index in [-0.39, 0.29) is 12.5 Å². The van der Waals surface area contributed by atoms with Gasteiger partial charge in [-0.2, -0.15) is 0 Å². The van der Waals surface area contributed by atoms with Crippen LogP contribution in [0.15, 0.2) is 15.8 Å². The highest BCUT2D eigenvalue weighted by Crippen LogP contribution is 2.49. The number of aryl methyl sites for hydroxylation is 1. The SMILES string of the molecule is COCCO[C@@H]1[C@H](C)[C@@H]([C@@H](O)P(C)(C)=O)O[C@H]1n1cc(C)c(=O)[nH]c1=O. The van der Waals surface area contributed by atoms with Gasteiger partial charge in [-0.05, 0) is 20.3 Å². The number of nitrogens with one attached hydrogen (secondary N) is 1. The van der Waals surface area contributed by atoms with Gasteiger partial charge in [0.05, 0.1) is 19.3 Å². The number of hydrogen-bond acceptors (Lipinski definition) is 7. The molecular weight excluding hydrogens is 363 g/mol. The summed E-state index contributed by atoms with van der Waals surface area (Å²) in [5.74, 6) is -1.52. The average Bonchev–Trinajstić information content (AvgIpc) is 2.86. The zero-order valence-corrected chi connectivity index (χ0v) is 16.6. The van der Waals surface area contributed by atoms with Gasteiger partial charge in [-0.3, -0.25) is 14.3 Å². The number of aromatic nitrogens is 2. The standard InChI is InChI=1S/C16H27N2O7P/c1-9-8-18(16(21)17-13(9)19)14-11(24-7-6-23-3)10(2)12(25-14)15(20)26(4,5)22/h8,10-12,14-15,20H,6-7H2,1-5H3,(H,17,19,21)/t10-,11+,12-,14+,15-/m0/s1. The summed E-state index contributed by atoms with van der Waals surface area (Å²) in [6.07, 6.45) is -0.819. The maximum Gasteiger partial charge on any atom is 0.330 e. The molecule has 2 heterocycles. The number of hydrogen-bond donors (Lipinski definition) is 2. The maximum absolute atomic E-state index is 12.3. The van der Waals surface area contributed by atoms with E-state index in [9.17, 15) is 19.3 Å². The highest BCUT2D eigenvalue weighted by atomic mass is 31.2. The molecule has 0 aromatic carbocycles. The molecule has 9 nitrogen and oxygen atoms in total. The molecule has 2 N–H and O–H groups in total. The first-order valence-electron chi connectivity index (χ1n) is 8.38. The zero-order chi connectivity index (χ0) is 19.6. The van der Waals surface area contributed by atoms with Gasteiger partial charge >= 0.3 is 5.69 Å². The van der Waals surface area contributed by atoms with Crippen molar-refractivity contribution in [1.29, 1.82) is 0 Å². The summed E-state index contributed by atoms with van der Waals surface area (Å²) in [7, 11) is -1.30. The van der Waals surface area contributed by atoms with Crippen molar-refractivity contribution < 1.29 is 23.9 Å². The molecule has 0 radical (unpaired) electrons. The van der Waals surface area contributed by atoms with Crippen molar-refractivity contribution >= 4 is 7.14 Å². The van der Waals surface area contributed by atoms with Gasteiger partial charge in [0.2, 0.25) is 0 Å². The molecule has 0 aliphatic carbocycles. The molecule has 0 saturated carbocycles. The first-order valence-corrected chi connectivity index (χ1v) is 11.1. The van der Waals surface area contributed by atoms with E-state index in [1.165, 1.54) is 24.1 Å². The van der Waals surface area contributed by atoms with Crippen LogP contribution in [0.25, 0.3) is 0 Å².